The number of pyridine rings is 2. The molecule has 0 unspecified atom stereocenters. The van der Waals surface area contributed by atoms with E-state index in [0.29, 0.717) is 11.4 Å². The maximum atomic E-state index is 10.7. The van der Waals surface area contributed by atoms with Crippen LogP contribution in [-0.4, -0.2) is 28.3 Å². The molecule has 0 atom stereocenters. The van der Waals surface area contributed by atoms with E-state index in [0.717, 1.165) is 21.9 Å². The van der Waals surface area contributed by atoms with Gasteiger partial charge in [0, 0.05) is 35.2 Å². The number of ether oxygens (including phenoxy) is 1. The Kier molecular flexibility index (Phi) is 3.68. The van der Waals surface area contributed by atoms with Crippen molar-refractivity contribution in [1.29, 1.82) is 0 Å². The number of methoxy groups -OCH3 is 1. The largest absolute Gasteiger partial charge is 0.496 e. The third-order valence-electron chi connectivity index (χ3n) is 3.42. The fourth-order valence-electron chi connectivity index (χ4n) is 2.40. The van der Waals surface area contributed by atoms with Crippen LogP contribution in [0.2, 0.25) is 0 Å². The first kappa shape index (κ1) is 14.6. The van der Waals surface area contributed by atoms with Gasteiger partial charge in [-0.25, -0.2) is 9.78 Å². The van der Waals surface area contributed by atoms with Gasteiger partial charge in [0.25, 0.3) is 0 Å². The summed E-state index contributed by atoms with van der Waals surface area (Å²) in [4.78, 5) is 18.9. The summed E-state index contributed by atoms with van der Waals surface area (Å²) in [5.41, 5.74) is 8.26. The second kappa shape index (κ2) is 5.80. The van der Waals surface area contributed by atoms with Crippen LogP contribution in [0.4, 0.5) is 16.3 Å². The molecule has 0 spiro atoms. The highest BCUT2D eigenvalue weighted by Crippen LogP contribution is 2.34. The predicted molar refractivity (Wildman–Crippen MR) is 87.6 cm³/mol. The average Bonchev–Trinajstić information content (AvgIpc) is 2.53. The van der Waals surface area contributed by atoms with Crippen molar-refractivity contribution in [2.24, 2.45) is 0 Å². The number of nitrogens with two attached hydrogens (primary N) is 1. The molecule has 2 heterocycles. The maximum Gasteiger partial charge on any atom is 0.410 e. The maximum absolute atomic E-state index is 10.7. The Morgan fingerprint density at radius 1 is 1.30 bits per heavy atom. The standard InChI is InChI=1S/C16H14N4O3/c1-23-14-2-3-18-7-12(14)9-4-10-6-15(20-16(21)22)19-8-11(10)13(17)5-9/h2-8H,17H2,1H3,(H,19,20)(H,21,22). The molecule has 3 rings (SSSR count). The van der Waals surface area contributed by atoms with Crippen LogP contribution in [0, 0.1) is 0 Å². The molecule has 0 radical (unpaired) electrons. The van der Waals surface area contributed by atoms with E-state index in [4.69, 9.17) is 15.6 Å². The van der Waals surface area contributed by atoms with E-state index in [9.17, 15) is 4.79 Å². The van der Waals surface area contributed by atoms with E-state index in [2.05, 4.69) is 15.3 Å². The number of amides is 1. The van der Waals surface area contributed by atoms with Gasteiger partial charge in [0.1, 0.15) is 11.6 Å². The first-order valence-electron chi connectivity index (χ1n) is 6.76. The van der Waals surface area contributed by atoms with Crippen molar-refractivity contribution in [3.63, 3.8) is 0 Å². The van der Waals surface area contributed by atoms with Crippen molar-refractivity contribution in [1.82, 2.24) is 9.97 Å². The van der Waals surface area contributed by atoms with Crippen molar-refractivity contribution < 1.29 is 14.6 Å². The minimum absolute atomic E-state index is 0.236. The van der Waals surface area contributed by atoms with Gasteiger partial charge in [-0.15, -0.1) is 0 Å². The van der Waals surface area contributed by atoms with Gasteiger partial charge in [0.2, 0.25) is 0 Å². The highest BCUT2D eigenvalue weighted by molar-refractivity contribution is 5.98. The lowest BCUT2D eigenvalue weighted by atomic mass is 10.0. The number of nitrogen functional groups attached to an aromatic ring is 1. The summed E-state index contributed by atoms with van der Waals surface area (Å²) >= 11 is 0. The lowest BCUT2D eigenvalue weighted by Crippen LogP contribution is -2.08. The first-order chi connectivity index (χ1) is 11.1. The van der Waals surface area contributed by atoms with Gasteiger partial charge >= 0.3 is 6.09 Å². The lowest BCUT2D eigenvalue weighted by Gasteiger charge is -2.11. The molecule has 0 saturated carbocycles. The lowest BCUT2D eigenvalue weighted by molar-refractivity contribution is 0.209. The van der Waals surface area contributed by atoms with Crippen LogP contribution in [0.1, 0.15) is 0 Å². The van der Waals surface area contributed by atoms with Crippen LogP contribution < -0.4 is 15.8 Å². The second-order valence-electron chi connectivity index (χ2n) is 4.86. The molecule has 3 aromatic rings. The number of fused-ring (bicyclic) bond motifs is 1. The van der Waals surface area contributed by atoms with Crippen molar-refractivity contribution >= 4 is 28.4 Å². The minimum Gasteiger partial charge on any atom is -0.496 e. The topological polar surface area (TPSA) is 110 Å². The Morgan fingerprint density at radius 2 is 2.13 bits per heavy atom. The normalized spacial score (nSPS) is 10.5. The fourth-order valence-corrected chi connectivity index (χ4v) is 2.40. The van der Waals surface area contributed by atoms with Gasteiger partial charge in [0.05, 0.1) is 7.11 Å². The quantitative estimate of drug-likeness (QED) is 0.641. The highest BCUT2D eigenvalue weighted by atomic mass is 16.5. The second-order valence-corrected chi connectivity index (χ2v) is 4.86. The summed E-state index contributed by atoms with van der Waals surface area (Å²) in [5, 5.41) is 12.5. The molecule has 1 amide bonds. The van der Waals surface area contributed by atoms with Crippen LogP contribution in [-0.2, 0) is 0 Å². The van der Waals surface area contributed by atoms with E-state index in [1.165, 1.54) is 0 Å². The molecule has 7 nitrogen and oxygen atoms in total. The highest BCUT2D eigenvalue weighted by Gasteiger charge is 2.10. The molecule has 2 aromatic heterocycles. The van der Waals surface area contributed by atoms with Gasteiger partial charge in [-0.1, -0.05) is 0 Å². The zero-order valence-corrected chi connectivity index (χ0v) is 12.3. The average molecular weight is 310 g/mol. The third kappa shape index (κ3) is 2.84. The van der Waals surface area contributed by atoms with Gasteiger partial charge < -0.3 is 15.6 Å². The predicted octanol–water partition coefficient (Wildman–Crippen LogP) is 2.98. The molecule has 0 aliphatic heterocycles. The summed E-state index contributed by atoms with van der Waals surface area (Å²) in [6, 6.07) is 7.10. The Balaban J connectivity index is 2.17. The summed E-state index contributed by atoms with van der Waals surface area (Å²) < 4.78 is 5.34. The first-order valence-corrected chi connectivity index (χ1v) is 6.76. The van der Waals surface area contributed by atoms with E-state index in [1.807, 2.05) is 12.1 Å². The number of nitrogens with zero attached hydrogens (tertiary/aromatic N) is 2. The third-order valence-corrected chi connectivity index (χ3v) is 3.42. The molecule has 23 heavy (non-hydrogen) atoms. The number of carboxylic acid groups (broad SMARTS) is 1. The Morgan fingerprint density at radius 3 is 2.87 bits per heavy atom. The number of aromatic nitrogens is 2. The summed E-state index contributed by atoms with van der Waals surface area (Å²) in [6.45, 7) is 0. The Labute approximate surface area is 131 Å². The van der Waals surface area contributed by atoms with Crippen LogP contribution >= 0.6 is 0 Å². The zero-order chi connectivity index (χ0) is 16.4. The number of benzene rings is 1. The fraction of sp³-hybridized carbons (Fsp3) is 0.0625. The molecule has 7 heteroatoms. The molecular weight excluding hydrogens is 296 g/mol. The smallest absolute Gasteiger partial charge is 0.410 e. The van der Waals surface area contributed by atoms with Crippen LogP contribution in [0.3, 0.4) is 0 Å². The van der Waals surface area contributed by atoms with Crippen molar-refractivity contribution in [2.75, 3.05) is 18.2 Å². The van der Waals surface area contributed by atoms with Crippen LogP contribution in [0.15, 0.2) is 42.9 Å². The minimum atomic E-state index is -1.17. The van der Waals surface area contributed by atoms with Crippen molar-refractivity contribution in [2.45, 2.75) is 0 Å². The van der Waals surface area contributed by atoms with Gasteiger partial charge in [-0.05, 0) is 35.2 Å². The van der Waals surface area contributed by atoms with Gasteiger partial charge in [-0.3, -0.25) is 10.3 Å². The Bertz CT molecular complexity index is 896. The molecular formula is C16H14N4O3. The summed E-state index contributed by atoms with van der Waals surface area (Å²) in [5.74, 6) is 0.913. The van der Waals surface area contributed by atoms with Crippen LogP contribution in [0.5, 0.6) is 5.75 Å². The van der Waals surface area contributed by atoms with E-state index >= 15 is 0 Å². The molecule has 116 valence electrons. The number of anilines is 2. The van der Waals surface area contributed by atoms with Gasteiger partial charge in [0.15, 0.2) is 0 Å². The van der Waals surface area contributed by atoms with Crippen molar-refractivity contribution in [3.05, 3.63) is 42.9 Å². The van der Waals surface area contributed by atoms with E-state index in [1.54, 1.807) is 37.8 Å². The molecule has 4 N–H and O–H groups in total. The monoisotopic (exact) mass is 310 g/mol. The number of carbonyl (C=O) groups is 1. The van der Waals surface area contributed by atoms with E-state index in [-0.39, 0.29) is 5.82 Å². The van der Waals surface area contributed by atoms with Gasteiger partial charge in [-0.2, -0.15) is 0 Å². The SMILES string of the molecule is COc1ccncc1-c1cc(N)c2cnc(NC(=O)O)cc2c1. The van der Waals surface area contributed by atoms with Crippen molar-refractivity contribution in [3.8, 4) is 16.9 Å². The molecule has 0 aliphatic carbocycles. The molecule has 0 fully saturated rings. The Hall–Kier alpha value is -3.35. The van der Waals surface area contributed by atoms with Crippen LogP contribution in [0.25, 0.3) is 21.9 Å². The molecule has 0 saturated heterocycles. The molecule has 1 aromatic carbocycles. The molecule has 0 aliphatic rings. The summed E-state index contributed by atoms with van der Waals surface area (Å²) in [7, 11) is 1.59. The number of hydrogen-bond acceptors (Lipinski definition) is 5. The zero-order valence-electron chi connectivity index (χ0n) is 12.3. The number of rotatable bonds is 3. The number of hydrogen-bond donors (Lipinski definition) is 3. The van der Waals surface area contributed by atoms with E-state index < -0.39 is 6.09 Å². The summed E-state index contributed by atoms with van der Waals surface area (Å²) in [6.07, 6.45) is 3.71. The molecule has 0 bridgehead atoms. The number of nitrogens with one attached hydrogen (secondary N) is 1.